The Morgan fingerprint density at radius 2 is 1.88 bits per heavy atom. The normalized spacial score (nSPS) is 14.2. The lowest BCUT2D eigenvalue weighted by molar-refractivity contribution is 0.101. The topological polar surface area (TPSA) is 114 Å². The van der Waals surface area contributed by atoms with Crippen LogP contribution in [0.2, 0.25) is 5.02 Å². The van der Waals surface area contributed by atoms with Gasteiger partial charge in [0.25, 0.3) is 15.9 Å². The van der Waals surface area contributed by atoms with E-state index in [4.69, 9.17) is 20.9 Å². The van der Waals surface area contributed by atoms with Crippen LogP contribution in [0.4, 0.5) is 17.1 Å². The highest BCUT2D eigenvalue weighted by Gasteiger charge is 2.25. The second kappa shape index (κ2) is 9.19. The second-order valence-corrected chi connectivity index (χ2v) is 9.20. The third-order valence-corrected chi connectivity index (χ3v) is 6.56. The molecule has 0 saturated carbocycles. The van der Waals surface area contributed by atoms with Gasteiger partial charge in [-0.1, -0.05) is 28.9 Å². The molecule has 0 spiro atoms. The van der Waals surface area contributed by atoms with Crippen LogP contribution in [0, 0.1) is 6.92 Å². The molecule has 2 aromatic carbocycles. The highest BCUT2D eigenvalue weighted by atomic mass is 35.5. The zero-order valence-corrected chi connectivity index (χ0v) is 18.7. The molecule has 4 rings (SSSR count). The molecule has 0 unspecified atom stereocenters. The summed E-state index contributed by atoms with van der Waals surface area (Å²) < 4.78 is 39.6. The first-order valence-corrected chi connectivity index (χ1v) is 11.7. The minimum Gasteiger partial charge on any atom is -0.378 e. The van der Waals surface area contributed by atoms with Gasteiger partial charge in [0, 0.05) is 24.8 Å². The number of anilines is 3. The summed E-state index contributed by atoms with van der Waals surface area (Å²) in [4.78, 5) is 14.4. The molecule has 1 aliphatic rings. The van der Waals surface area contributed by atoms with Gasteiger partial charge in [0.15, 0.2) is 5.69 Å². The molecule has 1 saturated heterocycles. The first kappa shape index (κ1) is 22.1. The highest BCUT2D eigenvalue weighted by Crippen LogP contribution is 2.32. The van der Waals surface area contributed by atoms with Gasteiger partial charge >= 0.3 is 0 Å². The van der Waals surface area contributed by atoms with E-state index in [1.165, 1.54) is 12.1 Å². The predicted octanol–water partition coefficient (Wildman–Crippen LogP) is 3.53. The number of morpholine rings is 1. The predicted molar refractivity (Wildman–Crippen MR) is 121 cm³/mol. The summed E-state index contributed by atoms with van der Waals surface area (Å²) in [6, 6.07) is 12.8. The van der Waals surface area contributed by atoms with Gasteiger partial charge in [-0.05, 0) is 37.3 Å². The summed E-state index contributed by atoms with van der Waals surface area (Å²) in [6.07, 6.45) is 0. The summed E-state index contributed by atoms with van der Waals surface area (Å²) in [7, 11) is -4.04. The average Bonchev–Trinajstić information content (AvgIpc) is 3.22. The Bertz CT molecular complexity index is 1240. The maximum atomic E-state index is 13.4. The van der Waals surface area contributed by atoms with E-state index in [2.05, 4.69) is 15.2 Å². The molecule has 3 aromatic rings. The van der Waals surface area contributed by atoms with E-state index in [0.29, 0.717) is 43.4 Å². The number of aryl methyl sites for hydroxylation is 1. The van der Waals surface area contributed by atoms with Crippen LogP contribution in [-0.2, 0) is 14.8 Å². The molecule has 0 radical (unpaired) electrons. The van der Waals surface area contributed by atoms with Gasteiger partial charge in [-0.3, -0.25) is 9.52 Å². The summed E-state index contributed by atoms with van der Waals surface area (Å²) in [5, 5.41) is 6.62. The Morgan fingerprint density at radius 1 is 1.12 bits per heavy atom. The maximum absolute atomic E-state index is 13.4. The van der Waals surface area contributed by atoms with E-state index in [1.54, 1.807) is 43.3 Å². The van der Waals surface area contributed by atoms with Crippen LogP contribution < -0.4 is 14.9 Å². The molecule has 168 valence electrons. The fourth-order valence-electron chi connectivity index (χ4n) is 3.28. The van der Waals surface area contributed by atoms with E-state index in [-0.39, 0.29) is 21.3 Å². The number of carbonyl (C=O) groups is 1. The van der Waals surface area contributed by atoms with Gasteiger partial charge < -0.3 is 19.5 Å². The molecule has 2 N–H and O–H groups in total. The summed E-state index contributed by atoms with van der Waals surface area (Å²) in [5.74, 6) is -0.0200. The van der Waals surface area contributed by atoms with E-state index in [1.807, 2.05) is 4.90 Å². The van der Waals surface area contributed by atoms with Gasteiger partial charge in [-0.2, -0.15) is 0 Å². The number of carbonyl (C=O) groups excluding carboxylic acids is 1. The Kier molecular flexibility index (Phi) is 6.35. The van der Waals surface area contributed by atoms with Crippen LogP contribution >= 0.6 is 11.6 Å². The first-order valence-electron chi connectivity index (χ1n) is 9.82. The Labute approximate surface area is 190 Å². The van der Waals surface area contributed by atoms with Crippen molar-refractivity contribution < 1.29 is 22.5 Å². The van der Waals surface area contributed by atoms with Crippen LogP contribution in [0.15, 0.2) is 57.9 Å². The summed E-state index contributed by atoms with van der Waals surface area (Å²) in [6.45, 7) is 3.73. The molecule has 1 aliphatic heterocycles. The van der Waals surface area contributed by atoms with Crippen LogP contribution in [0.1, 0.15) is 16.2 Å². The monoisotopic (exact) mass is 476 g/mol. The number of rotatable bonds is 6. The highest BCUT2D eigenvalue weighted by molar-refractivity contribution is 7.93. The number of amides is 1. The minimum atomic E-state index is -4.04. The van der Waals surface area contributed by atoms with Crippen molar-refractivity contribution in [2.24, 2.45) is 0 Å². The molecule has 0 aliphatic carbocycles. The molecule has 9 nitrogen and oxygen atoms in total. The summed E-state index contributed by atoms with van der Waals surface area (Å²) >= 11 is 6.15. The van der Waals surface area contributed by atoms with Gasteiger partial charge in [-0.15, -0.1) is 0 Å². The van der Waals surface area contributed by atoms with E-state index in [9.17, 15) is 13.2 Å². The molecule has 1 amide bonds. The largest absolute Gasteiger partial charge is 0.378 e. The van der Waals surface area contributed by atoms with Crippen LogP contribution in [0.3, 0.4) is 0 Å². The van der Waals surface area contributed by atoms with Crippen molar-refractivity contribution in [1.82, 2.24) is 5.16 Å². The number of hydrogen-bond donors (Lipinski definition) is 2. The number of para-hydroxylation sites is 1. The second-order valence-electron chi connectivity index (χ2n) is 7.14. The number of ether oxygens (including phenoxy) is 1. The fourth-order valence-corrected chi connectivity index (χ4v) is 4.86. The third kappa shape index (κ3) is 4.87. The van der Waals surface area contributed by atoms with Crippen molar-refractivity contribution in [3.63, 3.8) is 0 Å². The smallest absolute Gasteiger partial charge is 0.277 e. The summed E-state index contributed by atoms with van der Waals surface area (Å²) in [5.41, 5.74) is 1.16. The lowest BCUT2D eigenvalue weighted by atomic mass is 10.2. The molecule has 32 heavy (non-hydrogen) atoms. The van der Waals surface area contributed by atoms with Crippen molar-refractivity contribution in [1.29, 1.82) is 0 Å². The molecule has 0 bridgehead atoms. The van der Waals surface area contributed by atoms with Crippen molar-refractivity contribution >= 4 is 44.6 Å². The van der Waals surface area contributed by atoms with E-state index < -0.39 is 15.9 Å². The third-order valence-electron chi connectivity index (χ3n) is 4.84. The lowest BCUT2D eigenvalue weighted by Crippen LogP contribution is -2.37. The zero-order valence-electron chi connectivity index (χ0n) is 17.2. The number of aromatic nitrogens is 1. The standard InChI is InChI=1S/C21H21ClN4O5S/c1-14-12-18(24-31-14)21(27)23-15-6-7-19(26-8-10-30-11-9-26)20(13-15)32(28,29)25-17-5-3-2-4-16(17)22/h2-7,12-13,25H,8-11H2,1H3,(H,23,27). The van der Waals surface area contributed by atoms with Crippen molar-refractivity contribution in [3.05, 3.63) is 65.0 Å². The van der Waals surface area contributed by atoms with E-state index in [0.717, 1.165) is 0 Å². The quantitative estimate of drug-likeness (QED) is 0.559. The number of nitrogens with one attached hydrogen (secondary N) is 2. The number of halogens is 1. The van der Waals surface area contributed by atoms with Crippen LogP contribution in [-0.4, -0.2) is 45.8 Å². The van der Waals surface area contributed by atoms with E-state index >= 15 is 0 Å². The SMILES string of the molecule is Cc1cc(C(=O)Nc2ccc(N3CCOCC3)c(S(=O)(=O)Nc3ccccc3Cl)c2)no1. The van der Waals surface area contributed by atoms with Gasteiger partial charge in [0.1, 0.15) is 10.7 Å². The first-order chi connectivity index (χ1) is 15.3. The van der Waals surface area contributed by atoms with Gasteiger partial charge in [-0.25, -0.2) is 8.42 Å². The Morgan fingerprint density at radius 3 is 2.56 bits per heavy atom. The maximum Gasteiger partial charge on any atom is 0.277 e. The molecule has 1 aromatic heterocycles. The van der Waals surface area contributed by atoms with Crippen molar-refractivity contribution in [2.75, 3.05) is 41.2 Å². The Hall–Kier alpha value is -3.08. The number of nitrogens with zero attached hydrogens (tertiary/aromatic N) is 2. The number of benzene rings is 2. The molecular formula is C21H21ClN4O5S. The minimum absolute atomic E-state index is 0.00783. The molecule has 11 heteroatoms. The molecular weight excluding hydrogens is 456 g/mol. The van der Waals surface area contributed by atoms with Gasteiger partial charge in [0.05, 0.1) is 29.6 Å². The zero-order chi connectivity index (χ0) is 22.7. The van der Waals surface area contributed by atoms with Gasteiger partial charge in [0.2, 0.25) is 0 Å². The lowest BCUT2D eigenvalue weighted by Gasteiger charge is -2.30. The van der Waals surface area contributed by atoms with Crippen LogP contribution in [0.25, 0.3) is 0 Å². The number of sulfonamides is 1. The average molecular weight is 477 g/mol. The Balaban J connectivity index is 1.70. The molecule has 0 atom stereocenters. The van der Waals surface area contributed by atoms with Crippen molar-refractivity contribution in [3.8, 4) is 0 Å². The van der Waals surface area contributed by atoms with Crippen molar-refractivity contribution in [2.45, 2.75) is 11.8 Å². The number of hydrogen-bond acceptors (Lipinski definition) is 7. The fraction of sp³-hybridized carbons (Fsp3) is 0.238. The molecule has 1 fully saturated rings. The molecule has 2 heterocycles. The van der Waals surface area contributed by atoms with Crippen LogP contribution in [0.5, 0.6) is 0 Å².